The molecule has 1 aliphatic heterocycles. The highest BCUT2D eigenvalue weighted by atomic mass is 32.2. The van der Waals surface area contributed by atoms with Gasteiger partial charge in [-0.3, -0.25) is 4.79 Å². The van der Waals surface area contributed by atoms with Gasteiger partial charge in [0.05, 0.1) is 28.1 Å². The maximum atomic E-state index is 12.3. The third-order valence-electron chi connectivity index (χ3n) is 4.36. The Balaban J connectivity index is 1.94. The summed E-state index contributed by atoms with van der Waals surface area (Å²) in [5.41, 5.74) is 4.69. The molecule has 2 aromatic heterocycles. The molecule has 0 unspecified atom stereocenters. The Morgan fingerprint density at radius 3 is 2.60 bits per heavy atom. The third-order valence-corrected chi connectivity index (χ3v) is 5.59. The van der Waals surface area contributed by atoms with E-state index in [-0.39, 0.29) is 11.2 Å². The van der Waals surface area contributed by atoms with Gasteiger partial charge in [0.15, 0.2) is 0 Å². The highest BCUT2D eigenvalue weighted by Gasteiger charge is 2.33. The molecule has 0 bridgehead atoms. The van der Waals surface area contributed by atoms with E-state index in [1.54, 1.807) is 16.4 Å². The van der Waals surface area contributed by atoms with Gasteiger partial charge in [0.2, 0.25) is 5.91 Å². The van der Waals surface area contributed by atoms with Crippen molar-refractivity contribution in [1.29, 1.82) is 0 Å². The second kappa shape index (κ2) is 6.07. The molecule has 1 aliphatic rings. The largest absolute Gasteiger partial charge is 0.361 e. The Bertz CT molecular complexity index is 926. The van der Waals surface area contributed by atoms with Gasteiger partial charge in [-0.15, -0.1) is 11.8 Å². The number of fused-ring (bicyclic) bond motifs is 1. The Hall–Kier alpha value is -2.54. The van der Waals surface area contributed by atoms with Crippen LogP contribution in [0.25, 0.3) is 5.69 Å². The van der Waals surface area contributed by atoms with E-state index in [0.29, 0.717) is 5.75 Å². The van der Waals surface area contributed by atoms with E-state index in [1.807, 2.05) is 51.1 Å². The number of benzene rings is 1. The lowest BCUT2D eigenvalue weighted by Gasteiger charge is -2.14. The number of aryl methyl sites for hydroxylation is 3. The molecule has 3 aromatic rings. The number of carbonyl (C=O) groups excluding carboxylic acids is 1. The standard InChI is InChI=1S/C18H18N4O2S/c1-10-16-17(15-11(2)21-24-12(15)3)25-9-14(23)19-18(16)22(20-10)13-7-5-4-6-8-13/h4-8,17H,9H2,1-3H3,(H,19,23)/t17-/m0/s1. The predicted molar refractivity (Wildman–Crippen MR) is 97.2 cm³/mol. The van der Waals surface area contributed by atoms with Crippen molar-refractivity contribution in [2.75, 3.05) is 11.1 Å². The molecular weight excluding hydrogens is 336 g/mol. The van der Waals surface area contributed by atoms with Crippen LogP contribution in [0.4, 0.5) is 5.82 Å². The molecule has 4 rings (SSSR count). The number of para-hydroxylation sites is 1. The van der Waals surface area contributed by atoms with Gasteiger partial charge < -0.3 is 9.84 Å². The highest BCUT2D eigenvalue weighted by molar-refractivity contribution is 8.00. The number of carbonyl (C=O) groups is 1. The smallest absolute Gasteiger partial charge is 0.235 e. The number of nitrogens with zero attached hydrogens (tertiary/aromatic N) is 3. The number of rotatable bonds is 2. The Labute approximate surface area is 149 Å². The zero-order valence-electron chi connectivity index (χ0n) is 14.2. The number of hydrogen-bond donors (Lipinski definition) is 1. The molecule has 7 heteroatoms. The van der Waals surface area contributed by atoms with E-state index < -0.39 is 0 Å². The van der Waals surface area contributed by atoms with Gasteiger partial charge in [0.25, 0.3) is 0 Å². The molecule has 1 amide bonds. The Kier molecular flexibility index (Phi) is 3.88. The van der Waals surface area contributed by atoms with E-state index in [0.717, 1.165) is 39.8 Å². The fourth-order valence-corrected chi connectivity index (χ4v) is 4.57. The number of hydrogen-bond acceptors (Lipinski definition) is 5. The first kappa shape index (κ1) is 16.0. The van der Waals surface area contributed by atoms with Crippen LogP contribution in [0.15, 0.2) is 34.9 Å². The monoisotopic (exact) mass is 354 g/mol. The molecule has 1 N–H and O–H groups in total. The van der Waals surface area contributed by atoms with Crippen LogP contribution < -0.4 is 5.32 Å². The number of amides is 1. The van der Waals surface area contributed by atoms with Crippen LogP contribution in [0.2, 0.25) is 0 Å². The molecule has 1 atom stereocenters. The van der Waals surface area contributed by atoms with Crippen LogP contribution in [-0.2, 0) is 4.79 Å². The summed E-state index contributed by atoms with van der Waals surface area (Å²) in [5.74, 6) is 1.85. The van der Waals surface area contributed by atoms with Gasteiger partial charge in [-0.1, -0.05) is 23.4 Å². The van der Waals surface area contributed by atoms with Gasteiger partial charge in [0, 0.05) is 11.1 Å². The normalized spacial score (nSPS) is 17.1. The van der Waals surface area contributed by atoms with Crippen molar-refractivity contribution in [3.05, 3.63) is 58.6 Å². The lowest BCUT2D eigenvalue weighted by molar-refractivity contribution is -0.113. The van der Waals surface area contributed by atoms with Crippen LogP contribution in [-0.4, -0.2) is 26.6 Å². The summed E-state index contributed by atoms with van der Waals surface area (Å²) in [4.78, 5) is 12.3. The van der Waals surface area contributed by atoms with Crippen LogP contribution in [0.1, 0.15) is 33.5 Å². The van der Waals surface area contributed by atoms with Crippen LogP contribution in [0, 0.1) is 20.8 Å². The van der Waals surface area contributed by atoms with E-state index in [2.05, 4.69) is 10.5 Å². The van der Waals surface area contributed by atoms with Crippen molar-refractivity contribution < 1.29 is 9.32 Å². The maximum Gasteiger partial charge on any atom is 0.235 e. The minimum Gasteiger partial charge on any atom is -0.361 e. The second-order valence-electron chi connectivity index (χ2n) is 6.07. The van der Waals surface area contributed by atoms with E-state index in [9.17, 15) is 4.79 Å². The summed E-state index contributed by atoms with van der Waals surface area (Å²) in [5, 5.41) is 11.8. The van der Waals surface area contributed by atoms with E-state index in [1.165, 1.54) is 0 Å². The van der Waals surface area contributed by atoms with Crippen molar-refractivity contribution in [3.8, 4) is 5.69 Å². The fraction of sp³-hybridized carbons (Fsp3) is 0.278. The van der Waals surface area contributed by atoms with Crippen molar-refractivity contribution >= 4 is 23.5 Å². The van der Waals surface area contributed by atoms with Gasteiger partial charge >= 0.3 is 0 Å². The molecule has 0 fully saturated rings. The quantitative estimate of drug-likeness (QED) is 0.762. The molecule has 0 saturated carbocycles. The third kappa shape index (κ3) is 2.64. The summed E-state index contributed by atoms with van der Waals surface area (Å²) in [6.45, 7) is 5.82. The van der Waals surface area contributed by atoms with Crippen molar-refractivity contribution in [3.63, 3.8) is 0 Å². The number of aromatic nitrogens is 3. The lowest BCUT2D eigenvalue weighted by atomic mass is 10.0. The van der Waals surface area contributed by atoms with Crippen LogP contribution >= 0.6 is 11.8 Å². The van der Waals surface area contributed by atoms with E-state index >= 15 is 0 Å². The highest BCUT2D eigenvalue weighted by Crippen LogP contribution is 2.45. The van der Waals surface area contributed by atoms with Gasteiger partial charge in [-0.2, -0.15) is 5.10 Å². The molecule has 3 heterocycles. The average Bonchev–Trinajstić information content (AvgIpc) is 3.04. The number of anilines is 1. The molecular formula is C18H18N4O2S. The summed E-state index contributed by atoms with van der Waals surface area (Å²) in [7, 11) is 0. The van der Waals surface area contributed by atoms with Gasteiger partial charge in [-0.05, 0) is 32.9 Å². The molecule has 0 spiro atoms. The first-order valence-corrected chi connectivity index (χ1v) is 9.10. The molecule has 1 aromatic carbocycles. The topological polar surface area (TPSA) is 73.0 Å². The summed E-state index contributed by atoms with van der Waals surface area (Å²) < 4.78 is 7.17. The summed E-state index contributed by atoms with van der Waals surface area (Å²) in [6.07, 6.45) is 0. The number of thioether (sulfide) groups is 1. The van der Waals surface area contributed by atoms with Crippen LogP contribution in [0.3, 0.4) is 0 Å². The van der Waals surface area contributed by atoms with E-state index in [4.69, 9.17) is 9.62 Å². The predicted octanol–water partition coefficient (Wildman–Crippen LogP) is 3.56. The van der Waals surface area contributed by atoms with Crippen molar-refractivity contribution in [1.82, 2.24) is 14.9 Å². The Morgan fingerprint density at radius 2 is 1.92 bits per heavy atom. The maximum absolute atomic E-state index is 12.3. The Morgan fingerprint density at radius 1 is 1.16 bits per heavy atom. The fourth-order valence-electron chi connectivity index (χ4n) is 3.23. The summed E-state index contributed by atoms with van der Waals surface area (Å²) >= 11 is 1.58. The summed E-state index contributed by atoms with van der Waals surface area (Å²) in [6, 6.07) is 9.82. The number of nitrogens with one attached hydrogen (secondary N) is 1. The van der Waals surface area contributed by atoms with Gasteiger partial charge in [0.1, 0.15) is 11.6 Å². The molecule has 25 heavy (non-hydrogen) atoms. The van der Waals surface area contributed by atoms with Crippen molar-refractivity contribution in [2.45, 2.75) is 26.0 Å². The minimum absolute atomic E-state index is 0.0300. The zero-order chi connectivity index (χ0) is 17.6. The van der Waals surface area contributed by atoms with Crippen LogP contribution in [0.5, 0.6) is 0 Å². The second-order valence-corrected chi connectivity index (χ2v) is 7.17. The zero-order valence-corrected chi connectivity index (χ0v) is 15.1. The molecule has 0 radical (unpaired) electrons. The molecule has 6 nitrogen and oxygen atoms in total. The SMILES string of the molecule is Cc1noc(C)c1[C@@H]1SCC(=O)Nc2c1c(C)nn2-c1ccccc1. The first-order valence-electron chi connectivity index (χ1n) is 8.05. The molecule has 0 aliphatic carbocycles. The molecule has 128 valence electrons. The average molecular weight is 354 g/mol. The first-order chi connectivity index (χ1) is 12.1. The van der Waals surface area contributed by atoms with Crippen molar-refractivity contribution in [2.24, 2.45) is 0 Å². The minimum atomic E-state index is -0.0438. The van der Waals surface area contributed by atoms with Gasteiger partial charge in [-0.25, -0.2) is 4.68 Å². The molecule has 0 saturated heterocycles. The lowest BCUT2D eigenvalue weighted by Crippen LogP contribution is -2.15.